The molecule has 8 heteroatoms. The van der Waals surface area contributed by atoms with E-state index in [1.54, 1.807) is 34.0 Å². The maximum atomic E-state index is 13.7. The molecule has 4 heterocycles. The Kier molecular flexibility index (Phi) is 6.02. The molecule has 1 aliphatic heterocycles. The predicted molar refractivity (Wildman–Crippen MR) is 129 cm³/mol. The van der Waals surface area contributed by atoms with Gasteiger partial charge in [0.15, 0.2) is 5.69 Å². The standard InChI is InChI=1S/C26H23ClN4O3/c1-2-19-14-23(29-34-19)26(33)30-12-9-24-18(16-30)13-21(20-5-3-4-6-22(20)27)25(32)31(24)15-17-7-10-28-11-8-17/h3-8,10-11,13-14H,2,9,12,15-16H2,1H3. The largest absolute Gasteiger partial charge is 0.361 e. The van der Waals surface area contributed by atoms with Crippen molar-refractivity contribution < 1.29 is 9.32 Å². The lowest BCUT2D eigenvalue weighted by Crippen LogP contribution is -2.39. The monoisotopic (exact) mass is 474 g/mol. The van der Waals surface area contributed by atoms with E-state index in [1.807, 2.05) is 43.3 Å². The molecule has 0 fully saturated rings. The van der Waals surface area contributed by atoms with Gasteiger partial charge in [-0.1, -0.05) is 41.9 Å². The minimum atomic E-state index is -0.180. The van der Waals surface area contributed by atoms with Crippen molar-refractivity contribution in [1.29, 1.82) is 0 Å². The summed E-state index contributed by atoms with van der Waals surface area (Å²) >= 11 is 6.46. The van der Waals surface area contributed by atoms with Gasteiger partial charge in [0.1, 0.15) is 5.76 Å². The van der Waals surface area contributed by atoms with E-state index in [4.69, 9.17) is 16.1 Å². The van der Waals surface area contributed by atoms with Crippen LogP contribution in [0.25, 0.3) is 11.1 Å². The van der Waals surface area contributed by atoms with Crippen molar-refractivity contribution in [3.63, 3.8) is 0 Å². The van der Waals surface area contributed by atoms with Gasteiger partial charge in [-0.3, -0.25) is 14.6 Å². The first kappa shape index (κ1) is 22.1. The Morgan fingerprint density at radius 2 is 1.91 bits per heavy atom. The van der Waals surface area contributed by atoms with Crippen molar-refractivity contribution in [1.82, 2.24) is 19.6 Å². The molecule has 34 heavy (non-hydrogen) atoms. The summed E-state index contributed by atoms with van der Waals surface area (Å²) in [7, 11) is 0. The number of hydrogen-bond donors (Lipinski definition) is 0. The summed E-state index contributed by atoms with van der Waals surface area (Å²) in [5, 5.41) is 4.45. The van der Waals surface area contributed by atoms with Crippen LogP contribution in [0.4, 0.5) is 0 Å². The van der Waals surface area contributed by atoms with Gasteiger partial charge >= 0.3 is 0 Å². The number of aryl methyl sites for hydroxylation is 1. The molecule has 0 saturated carbocycles. The molecule has 4 aromatic rings. The number of carbonyl (C=O) groups is 1. The maximum absolute atomic E-state index is 13.7. The number of hydrogen-bond acceptors (Lipinski definition) is 5. The van der Waals surface area contributed by atoms with E-state index < -0.39 is 0 Å². The van der Waals surface area contributed by atoms with E-state index in [1.165, 1.54) is 0 Å². The average molecular weight is 475 g/mol. The quantitative estimate of drug-likeness (QED) is 0.429. The Bertz CT molecular complexity index is 1410. The zero-order valence-electron chi connectivity index (χ0n) is 18.7. The van der Waals surface area contributed by atoms with Crippen LogP contribution in [-0.2, 0) is 25.9 Å². The molecule has 0 aliphatic carbocycles. The summed E-state index contributed by atoms with van der Waals surface area (Å²) in [5.41, 5.74) is 4.21. The Hall–Kier alpha value is -3.71. The maximum Gasteiger partial charge on any atom is 0.276 e. The van der Waals surface area contributed by atoms with Crippen LogP contribution in [0.15, 0.2) is 70.2 Å². The molecule has 0 radical (unpaired) electrons. The van der Waals surface area contributed by atoms with Crippen LogP contribution in [0.1, 0.15) is 40.0 Å². The summed E-state index contributed by atoms with van der Waals surface area (Å²) in [6.45, 7) is 3.22. The molecule has 3 aromatic heterocycles. The fraction of sp³-hybridized carbons (Fsp3) is 0.231. The Morgan fingerprint density at radius 1 is 1.12 bits per heavy atom. The molecule has 1 aliphatic rings. The third-order valence-corrected chi connectivity index (χ3v) is 6.47. The van der Waals surface area contributed by atoms with E-state index in [0.29, 0.717) is 60.1 Å². The molecule has 0 spiro atoms. The number of fused-ring (bicyclic) bond motifs is 1. The lowest BCUT2D eigenvalue weighted by atomic mass is 9.98. The number of benzene rings is 1. The number of nitrogens with zero attached hydrogens (tertiary/aromatic N) is 4. The molecule has 5 rings (SSSR count). The number of carbonyl (C=O) groups excluding carboxylic acids is 1. The van der Waals surface area contributed by atoms with Crippen molar-refractivity contribution in [2.75, 3.05) is 6.54 Å². The zero-order valence-corrected chi connectivity index (χ0v) is 19.5. The molecule has 0 bridgehead atoms. The van der Waals surface area contributed by atoms with Crippen LogP contribution < -0.4 is 5.56 Å². The van der Waals surface area contributed by atoms with Crippen LogP contribution in [0, 0.1) is 0 Å². The first-order chi connectivity index (χ1) is 16.5. The van der Waals surface area contributed by atoms with Crippen molar-refractivity contribution in [2.24, 2.45) is 0 Å². The highest BCUT2D eigenvalue weighted by molar-refractivity contribution is 6.33. The Morgan fingerprint density at radius 3 is 2.65 bits per heavy atom. The summed E-state index contributed by atoms with van der Waals surface area (Å²) < 4.78 is 7.03. The van der Waals surface area contributed by atoms with Crippen molar-refractivity contribution in [3.8, 4) is 11.1 Å². The third-order valence-electron chi connectivity index (χ3n) is 6.14. The first-order valence-corrected chi connectivity index (χ1v) is 11.6. The van der Waals surface area contributed by atoms with Gasteiger partial charge in [-0.2, -0.15) is 0 Å². The van der Waals surface area contributed by atoms with Gasteiger partial charge in [-0.15, -0.1) is 0 Å². The van der Waals surface area contributed by atoms with Gasteiger partial charge < -0.3 is 14.0 Å². The lowest BCUT2D eigenvalue weighted by Gasteiger charge is -2.31. The van der Waals surface area contributed by atoms with Crippen molar-refractivity contribution >= 4 is 17.5 Å². The van der Waals surface area contributed by atoms with Crippen molar-refractivity contribution in [3.05, 3.63) is 105 Å². The second-order valence-electron chi connectivity index (χ2n) is 8.27. The van der Waals surface area contributed by atoms with E-state index in [-0.39, 0.29) is 11.5 Å². The minimum Gasteiger partial charge on any atom is -0.361 e. The van der Waals surface area contributed by atoms with Gasteiger partial charge in [0, 0.05) is 66.2 Å². The summed E-state index contributed by atoms with van der Waals surface area (Å²) in [6.07, 6.45) is 4.66. The van der Waals surface area contributed by atoms with Crippen LogP contribution in [0.3, 0.4) is 0 Å². The summed E-state index contributed by atoms with van der Waals surface area (Å²) in [4.78, 5) is 32.6. The number of halogens is 1. The fourth-order valence-corrected chi connectivity index (χ4v) is 4.58. The number of rotatable bonds is 5. The second-order valence-corrected chi connectivity index (χ2v) is 8.67. The normalized spacial score (nSPS) is 13.1. The molecular weight excluding hydrogens is 452 g/mol. The van der Waals surface area contributed by atoms with Gasteiger partial charge in [0.25, 0.3) is 11.5 Å². The molecule has 0 N–H and O–H groups in total. The first-order valence-electron chi connectivity index (χ1n) is 11.2. The third kappa shape index (κ3) is 4.15. The number of amides is 1. The van der Waals surface area contributed by atoms with Crippen LogP contribution >= 0.6 is 11.6 Å². The summed E-state index contributed by atoms with van der Waals surface area (Å²) in [6, 6.07) is 14.7. The van der Waals surface area contributed by atoms with Crippen LogP contribution in [-0.4, -0.2) is 32.1 Å². The number of aromatic nitrogens is 3. The van der Waals surface area contributed by atoms with E-state index in [0.717, 1.165) is 16.8 Å². The molecule has 1 amide bonds. The molecule has 7 nitrogen and oxygen atoms in total. The van der Waals surface area contributed by atoms with Crippen LogP contribution in [0.5, 0.6) is 0 Å². The highest BCUT2D eigenvalue weighted by Crippen LogP contribution is 2.29. The molecule has 0 unspecified atom stereocenters. The minimum absolute atomic E-state index is 0.104. The van der Waals surface area contributed by atoms with E-state index in [2.05, 4.69) is 10.1 Å². The fourth-order valence-electron chi connectivity index (χ4n) is 4.34. The predicted octanol–water partition coefficient (Wildman–Crippen LogP) is 4.36. The van der Waals surface area contributed by atoms with Gasteiger partial charge in [0.05, 0.1) is 6.54 Å². The summed E-state index contributed by atoms with van der Waals surface area (Å²) in [5.74, 6) is 0.494. The topological polar surface area (TPSA) is 81.2 Å². The van der Waals surface area contributed by atoms with E-state index >= 15 is 0 Å². The Balaban J connectivity index is 1.58. The smallest absolute Gasteiger partial charge is 0.276 e. The second kappa shape index (κ2) is 9.27. The van der Waals surface area contributed by atoms with Crippen molar-refractivity contribution in [2.45, 2.75) is 32.9 Å². The lowest BCUT2D eigenvalue weighted by molar-refractivity contribution is 0.0721. The number of pyridine rings is 2. The molecule has 172 valence electrons. The highest BCUT2D eigenvalue weighted by Gasteiger charge is 2.27. The van der Waals surface area contributed by atoms with Gasteiger partial charge in [0.2, 0.25) is 0 Å². The van der Waals surface area contributed by atoms with Crippen LogP contribution in [0.2, 0.25) is 5.02 Å². The van der Waals surface area contributed by atoms with Gasteiger partial charge in [-0.05, 0) is 35.4 Å². The SMILES string of the molecule is CCc1cc(C(=O)N2CCc3c(cc(-c4ccccc4Cl)c(=O)n3Cc3ccncc3)C2)no1. The zero-order chi connectivity index (χ0) is 23.7. The highest BCUT2D eigenvalue weighted by atomic mass is 35.5. The van der Waals surface area contributed by atoms with Gasteiger partial charge in [-0.25, -0.2) is 0 Å². The molecule has 0 saturated heterocycles. The average Bonchev–Trinajstić information content (AvgIpc) is 3.35. The Labute approximate surface area is 201 Å². The molecule has 1 aromatic carbocycles. The molecule has 0 atom stereocenters. The van der Waals surface area contributed by atoms with E-state index in [9.17, 15) is 9.59 Å². The molecular formula is C26H23ClN4O3.